The fourth-order valence-corrected chi connectivity index (χ4v) is 3.08. The summed E-state index contributed by atoms with van der Waals surface area (Å²) in [6.07, 6.45) is 2.50. The SMILES string of the molecule is COc1cc(/C=C2/C(=O)N(CCOC(C)=O)C(=O)C(C#N)=C2C)ccc1OCCC(C)C. The summed E-state index contributed by atoms with van der Waals surface area (Å²) in [4.78, 5) is 37.5. The summed E-state index contributed by atoms with van der Waals surface area (Å²) in [5, 5.41) is 9.46. The minimum atomic E-state index is -0.703. The maximum Gasteiger partial charge on any atom is 0.302 e. The van der Waals surface area contributed by atoms with E-state index in [-0.39, 0.29) is 24.3 Å². The van der Waals surface area contributed by atoms with Crippen LogP contribution in [0.15, 0.2) is 34.9 Å². The Kier molecular flexibility index (Phi) is 8.59. The van der Waals surface area contributed by atoms with E-state index in [1.807, 2.05) is 6.07 Å². The molecule has 32 heavy (non-hydrogen) atoms. The van der Waals surface area contributed by atoms with E-state index in [1.165, 1.54) is 14.0 Å². The molecule has 8 nitrogen and oxygen atoms in total. The third-order valence-corrected chi connectivity index (χ3v) is 4.90. The Hall–Kier alpha value is -3.60. The Balaban J connectivity index is 2.36. The standard InChI is InChI=1S/C24H28N2O6/c1-15(2)8-10-32-21-7-6-18(13-22(21)30-5)12-19-16(3)20(14-25)24(29)26(23(19)28)9-11-31-17(4)27/h6-7,12-13,15H,8-11H2,1-5H3/b19-12+. The first-order valence-corrected chi connectivity index (χ1v) is 10.3. The Labute approximate surface area is 188 Å². The molecule has 1 heterocycles. The molecule has 2 rings (SSSR count). The summed E-state index contributed by atoms with van der Waals surface area (Å²) in [6, 6.07) is 7.13. The predicted octanol–water partition coefficient (Wildman–Crippen LogP) is 3.28. The number of ether oxygens (including phenoxy) is 3. The largest absolute Gasteiger partial charge is 0.493 e. The highest BCUT2D eigenvalue weighted by Crippen LogP contribution is 2.32. The fraction of sp³-hybridized carbons (Fsp3) is 0.417. The summed E-state index contributed by atoms with van der Waals surface area (Å²) in [7, 11) is 1.53. The molecule has 0 fully saturated rings. The molecule has 0 bridgehead atoms. The molecular formula is C24H28N2O6. The fourth-order valence-electron chi connectivity index (χ4n) is 3.08. The zero-order chi connectivity index (χ0) is 23.8. The van der Waals surface area contributed by atoms with Crippen molar-refractivity contribution in [3.63, 3.8) is 0 Å². The van der Waals surface area contributed by atoms with Crippen molar-refractivity contribution in [1.82, 2.24) is 4.90 Å². The van der Waals surface area contributed by atoms with Gasteiger partial charge in [0.1, 0.15) is 18.2 Å². The van der Waals surface area contributed by atoms with Gasteiger partial charge in [-0.25, -0.2) is 0 Å². The van der Waals surface area contributed by atoms with E-state index < -0.39 is 17.8 Å². The van der Waals surface area contributed by atoms with Crippen LogP contribution in [0.5, 0.6) is 11.5 Å². The number of nitriles is 1. The smallest absolute Gasteiger partial charge is 0.302 e. The third kappa shape index (κ3) is 5.97. The van der Waals surface area contributed by atoms with Crippen LogP contribution in [-0.2, 0) is 19.1 Å². The molecule has 1 aromatic rings. The average molecular weight is 440 g/mol. The molecule has 0 saturated heterocycles. The number of hydrogen-bond donors (Lipinski definition) is 0. The van der Waals surface area contributed by atoms with Gasteiger partial charge in [-0.05, 0) is 48.6 Å². The van der Waals surface area contributed by atoms with Crippen molar-refractivity contribution in [3.8, 4) is 17.6 Å². The van der Waals surface area contributed by atoms with E-state index >= 15 is 0 Å². The first-order chi connectivity index (χ1) is 15.2. The van der Waals surface area contributed by atoms with Crippen LogP contribution in [0.1, 0.15) is 39.7 Å². The van der Waals surface area contributed by atoms with Gasteiger partial charge in [-0.1, -0.05) is 19.9 Å². The van der Waals surface area contributed by atoms with Gasteiger partial charge in [0.15, 0.2) is 11.5 Å². The van der Waals surface area contributed by atoms with Crippen molar-refractivity contribution >= 4 is 23.9 Å². The second-order valence-corrected chi connectivity index (χ2v) is 7.71. The molecule has 8 heteroatoms. The first-order valence-electron chi connectivity index (χ1n) is 10.3. The Morgan fingerprint density at radius 1 is 1.19 bits per heavy atom. The number of carbonyl (C=O) groups excluding carboxylic acids is 3. The molecule has 0 aliphatic carbocycles. The molecule has 170 valence electrons. The minimum Gasteiger partial charge on any atom is -0.493 e. The molecule has 0 atom stereocenters. The van der Waals surface area contributed by atoms with Crippen LogP contribution in [0.4, 0.5) is 0 Å². The quantitative estimate of drug-likeness (QED) is 0.330. The zero-order valence-corrected chi connectivity index (χ0v) is 19.1. The lowest BCUT2D eigenvalue weighted by molar-refractivity contribution is -0.147. The Morgan fingerprint density at radius 3 is 2.50 bits per heavy atom. The van der Waals surface area contributed by atoms with Crippen molar-refractivity contribution in [2.75, 3.05) is 26.9 Å². The second-order valence-electron chi connectivity index (χ2n) is 7.71. The lowest BCUT2D eigenvalue weighted by Crippen LogP contribution is -2.44. The second kappa shape index (κ2) is 11.1. The molecule has 0 unspecified atom stereocenters. The van der Waals surface area contributed by atoms with E-state index in [2.05, 4.69) is 13.8 Å². The normalized spacial score (nSPS) is 15.3. The van der Waals surface area contributed by atoms with Gasteiger partial charge in [0.2, 0.25) is 0 Å². The van der Waals surface area contributed by atoms with E-state index in [0.29, 0.717) is 35.2 Å². The summed E-state index contributed by atoms with van der Waals surface area (Å²) in [6.45, 7) is 7.29. The van der Waals surface area contributed by atoms with Crippen molar-refractivity contribution in [2.45, 2.75) is 34.1 Å². The van der Waals surface area contributed by atoms with Crippen LogP contribution in [0.25, 0.3) is 6.08 Å². The van der Waals surface area contributed by atoms with Crippen molar-refractivity contribution in [3.05, 3.63) is 40.5 Å². The number of esters is 1. The summed E-state index contributed by atoms with van der Waals surface area (Å²) in [5.74, 6) is -0.170. The van der Waals surface area contributed by atoms with E-state index in [0.717, 1.165) is 11.3 Å². The Morgan fingerprint density at radius 2 is 1.91 bits per heavy atom. The van der Waals surface area contributed by atoms with Crippen LogP contribution in [0.3, 0.4) is 0 Å². The van der Waals surface area contributed by atoms with Gasteiger partial charge in [-0.2, -0.15) is 5.26 Å². The van der Waals surface area contributed by atoms with Gasteiger partial charge >= 0.3 is 5.97 Å². The van der Waals surface area contributed by atoms with Crippen LogP contribution in [0, 0.1) is 17.2 Å². The lowest BCUT2D eigenvalue weighted by atomic mass is 9.93. The number of benzene rings is 1. The molecule has 0 aromatic heterocycles. The summed E-state index contributed by atoms with van der Waals surface area (Å²) >= 11 is 0. The predicted molar refractivity (Wildman–Crippen MR) is 118 cm³/mol. The zero-order valence-electron chi connectivity index (χ0n) is 19.1. The number of methoxy groups -OCH3 is 1. The maximum absolute atomic E-state index is 13.0. The Bertz CT molecular complexity index is 1000. The highest BCUT2D eigenvalue weighted by Gasteiger charge is 2.35. The maximum atomic E-state index is 13.0. The highest BCUT2D eigenvalue weighted by molar-refractivity contribution is 6.19. The molecule has 2 amide bonds. The number of nitrogens with zero attached hydrogens (tertiary/aromatic N) is 2. The van der Waals surface area contributed by atoms with Gasteiger partial charge in [0, 0.05) is 12.5 Å². The molecular weight excluding hydrogens is 412 g/mol. The lowest BCUT2D eigenvalue weighted by Gasteiger charge is -2.27. The number of rotatable bonds is 9. The highest BCUT2D eigenvalue weighted by atomic mass is 16.5. The topological polar surface area (TPSA) is 106 Å². The van der Waals surface area contributed by atoms with Gasteiger partial charge in [0.25, 0.3) is 11.8 Å². The van der Waals surface area contributed by atoms with Gasteiger partial charge in [-0.15, -0.1) is 0 Å². The molecule has 1 aromatic carbocycles. The van der Waals surface area contributed by atoms with E-state index in [9.17, 15) is 19.6 Å². The van der Waals surface area contributed by atoms with E-state index in [1.54, 1.807) is 31.2 Å². The third-order valence-electron chi connectivity index (χ3n) is 4.90. The van der Waals surface area contributed by atoms with Crippen molar-refractivity contribution in [1.29, 1.82) is 5.26 Å². The summed E-state index contributed by atoms with van der Waals surface area (Å²) < 4.78 is 16.1. The van der Waals surface area contributed by atoms with Gasteiger partial charge in [0.05, 0.1) is 20.3 Å². The van der Waals surface area contributed by atoms with Crippen molar-refractivity contribution in [2.24, 2.45) is 5.92 Å². The summed E-state index contributed by atoms with van der Waals surface area (Å²) in [5.41, 5.74) is 1.02. The number of imide groups is 1. The molecule has 1 aliphatic heterocycles. The number of hydrogen-bond acceptors (Lipinski definition) is 7. The van der Waals surface area contributed by atoms with Crippen LogP contribution >= 0.6 is 0 Å². The minimum absolute atomic E-state index is 0.126. The van der Waals surface area contributed by atoms with Crippen LogP contribution in [-0.4, -0.2) is 49.6 Å². The van der Waals surface area contributed by atoms with Crippen molar-refractivity contribution < 1.29 is 28.6 Å². The number of carbonyl (C=O) groups is 3. The average Bonchev–Trinajstić information content (AvgIpc) is 2.74. The molecule has 0 spiro atoms. The molecule has 0 N–H and O–H groups in total. The van der Waals surface area contributed by atoms with Crippen LogP contribution in [0.2, 0.25) is 0 Å². The van der Waals surface area contributed by atoms with Crippen LogP contribution < -0.4 is 9.47 Å². The molecule has 1 aliphatic rings. The number of amides is 2. The van der Waals surface area contributed by atoms with Gasteiger partial charge in [-0.3, -0.25) is 19.3 Å². The monoisotopic (exact) mass is 440 g/mol. The molecule has 0 radical (unpaired) electrons. The van der Waals surface area contributed by atoms with Gasteiger partial charge < -0.3 is 14.2 Å². The first kappa shape index (κ1) is 24.7. The van der Waals surface area contributed by atoms with E-state index in [4.69, 9.17) is 14.2 Å². The molecule has 0 saturated carbocycles.